The van der Waals surface area contributed by atoms with Crippen molar-refractivity contribution < 1.29 is 9.47 Å². The highest BCUT2D eigenvalue weighted by Crippen LogP contribution is 2.53. The van der Waals surface area contributed by atoms with Gasteiger partial charge in [0.2, 0.25) is 0 Å². The molecule has 0 unspecified atom stereocenters. The Labute approximate surface area is 161 Å². The number of fused-ring (bicyclic) bond motifs is 3. The lowest BCUT2D eigenvalue weighted by Gasteiger charge is -2.47. The summed E-state index contributed by atoms with van der Waals surface area (Å²) in [7, 11) is 0.328. The Bertz CT molecular complexity index is 702. The Morgan fingerprint density at radius 1 is 1.27 bits per heavy atom. The molecule has 0 radical (unpaired) electrons. The summed E-state index contributed by atoms with van der Waals surface area (Å²) in [5.41, 5.74) is 2.65. The van der Waals surface area contributed by atoms with Gasteiger partial charge in [0, 0.05) is 17.4 Å². The zero-order valence-corrected chi connectivity index (χ0v) is 18.7. The normalized spacial score (nSPS) is 24.2. The van der Waals surface area contributed by atoms with Crippen LogP contribution in [0, 0.1) is 5.92 Å². The smallest absolute Gasteiger partial charge is 0.127 e. The van der Waals surface area contributed by atoms with Crippen LogP contribution < -0.4 is 14.7 Å². The molecule has 1 aromatic carbocycles. The fourth-order valence-corrected chi connectivity index (χ4v) is 7.40. The maximum Gasteiger partial charge on any atom is 0.127 e. The van der Waals surface area contributed by atoms with Crippen LogP contribution in [0.3, 0.4) is 0 Å². The third kappa shape index (κ3) is 3.47. The molecule has 144 valence electrons. The molecule has 1 heterocycles. The van der Waals surface area contributed by atoms with Gasteiger partial charge in [0.05, 0.1) is 15.2 Å². The molecule has 2 aliphatic rings. The lowest BCUT2D eigenvalue weighted by molar-refractivity contribution is 0.0109. The molecule has 0 N–H and O–H groups in total. The second-order valence-electron chi connectivity index (χ2n) is 9.47. The minimum Gasteiger partial charge on any atom is -0.496 e. The van der Waals surface area contributed by atoms with E-state index in [0.29, 0.717) is 11.8 Å². The second kappa shape index (κ2) is 7.07. The average Bonchev–Trinajstić information content (AvgIpc) is 2.58. The Hall–Kier alpha value is -1.22. The Balaban J connectivity index is 2.12. The molecule has 26 heavy (non-hydrogen) atoms. The van der Waals surface area contributed by atoms with E-state index >= 15 is 0 Å². The van der Waals surface area contributed by atoms with E-state index in [9.17, 15) is 0 Å². The quantitative estimate of drug-likeness (QED) is 0.464. The number of methoxy groups -OCH3 is 1. The highest BCUT2D eigenvalue weighted by Gasteiger charge is 2.45. The van der Waals surface area contributed by atoms with Crippen LogP contribution in [-0.2, 0) is 0 Å². The van der Waals surface area contributed by atoms with Gasteiger partial charge >= 0.3 is 0 Å². The van der Waals surface area contributed by atoms with E-state index in [-0.39, 0.29) is 5.60 Å². The average molecular weight is 373 g/mol. The molecule has 0 amide bonds. The molecule has 0 saturated carbocycles. The number of hydrogen-bond acceptors (Lipinski definition) is 2. The zero-order valence-electron chi connectivity index (χ0n) is 17.7. The Kier molecular flexibility index (Phi) is 5.31. The van der Waals surface area contributed by atoms with E-state index in [1.807, 2.05) is 7.11 Å². The van der Waals surface area contributed by atoms with Crippen molar-refractivity contribution >= 4 is 13.3 Å². The summed E-state index contributed by atoms with van der Waals surface area (Å²) in [5.74, 6) is 3.02. The van der Waals surface area contributed by atoms with Crippen LogP contribution in [0.4, 0.5) is 0 Å². The van der Waals surface area contributed by atoms with Crippen molar-refractivity contribution in [3.8, 4) is 11.5 Å². The first-order chi connectivity index (χ1) is 12.2. The molecule has 3 heteroatoms. The van der Waals surface area contributed by atoms with Gasteiger partial charge in [-0.15, -0.1) is 0 Å². The van der Waals surface area contributed by atoms with Gasteiger partial charge in [-0.3, -0.25) is 0 Å². The predicted octanol–water partition coefficient (Wildman–Crippen LogP) is 6.02. The van der Waals surface area contributed by atoms with Gasteiger partial charge in [0.15, 0.2) is 0 Å². The maximum atomic E-state index is 6.62. The van der Waals surface area contributed by atoms with E-state index in [1.54, 1.807) is 0 Å². The number of allylic oxidation sites excluding steroid dienone is 2. The molecule has 0 spiro atoms. The molecule has 2 nitrogen and oxygen atoms in total. The predicted molar refractivity (Wildman–Crippen MR) is 114 cm³/mol. The van der Waals surface area contributed by atoms with Crippen molar-refractivity contribution in [2.24, 2.45) is 5.92 Å². The summed E-state index contributed by atoms with van der Waals surface area (Å²) >= 11 is 0. The van der Waals surface area contributed by atoms with Crippen LogP contribution in [0.5, 0.6) is 11.5 Å². The number of hydrogen-bond donors (Lipinski definition) is 0. The standard InChI is InChI=1S/C23H36O2Si/c1-8-9-12-26(6,7)17-14-20(24-5)22-18-13-16(2)10-11-19(18)23(3,4)25-21(22)15-17/h13-15,18-19H,8-12H2,1-7H3/t18-,19-/m1/s1. The summed E-state index contributed by atoms with van der Waals surface area (Å²) in [6.45, 7) is 14.0. The van der Waals surface area contributed by atoms with Crippen LogP contribution in [0.2, 0.25) is 19.1 Å². The summed E-state index contributed by atoms with van der Waals surface area (Å²) in [4.78, 5) is 0. The number of benzene rings is 1. The van der Waals surface area contributed by atoms with Gasteiger partial charge in [0.25, 0.3) is 0 Å². The van der Waals surface area contributed by atoms with E-state index in [4.69, 9.17) is 9.47 Å². The molecular formula is C23H36O2Si. The van der Waals surface area contributed by atoms with Gasteiger partial charge in [-0.2, -0.15) is 0 Å². The fraction of sp³-hybridized carbons (Fsp3) is 0.652. The largest absolute Gasteiger partial charge is 0.496 e. The number of ether oxygens (including phenoxy) is 2. The SMILES string of the molecule is CCCC[Si](C)(C)c1cc(OC)c2c(c1)OC(C)(C)[C@@H]1CCC(C)=C[C@@H]21. The molecule has 2 atom stereocenters. The van der Waals surface area contributed by atoms with E-state index in [0.717, 1.165) is 11.5 Å². The highest BCUT2D eigenvalue weighted by molar-refractivity contribution is 6.89. The van der Waals surface area contributed by atoms with Gasteiger partial charge < -0.3 is 9.47 Å². The molecule has 1 aromatic rings. The van der Waals surface area contributed by atoms with Crippen LogP contribution in [0.15, 0.2) is 23.8 Å². The lowest BCUT2D eigenvalue weighted by Crippen LogP contribution is -2.47. The second-order valence-corrected chi connectivity index (χ2v) is 14.3. The summed E-state index contributed by atoms with van der Waals surface area (Å²) in [6, 6.07) is 6.01. The third-order valence-electron chi connectivity index (χ3n) is 6.61. The van der Waals surface area contributed by atoms with Gasteiger partial charge in [-0.25, -0.2) is 0 Å². The summed E-state index contributed by atoms with van der Waals surface area (Å²) in [6.07, 6.45) is 7.41. The van der Waals surface area contributed by atoms with Gasteiger partial charge in [-0.1, -0.05) is 55.7 Å². The summed E-state index contributed by atoms with van der Waals surface area (Å²) < 4.78 is 12.5. The van der Waals surface area contributed by atoms with E-state index in [2.05, 4.69) is 59.0 Å². The van der Waals surface area contributed by atoms with Crippen LogP contribution >= 0.6 is 0 Å². The van der Waals surface area contributed by atoms with Crippen molar-refractivity contribution in [3.05, 3.63) is 29.3 Å². The number of unbranched alkanes of at least 4 members (excludes halogenated alkanes) is 1. The fourth-order valence-electron chi connectivity index (χ4n) is 4.83. The first kappa shape index (κ1) is 19.5. The molecule has 3 rings (SSSR count). The van der Waals surface area contributed by atoms with Crippen molar-refractivity contribution in [2.45, 2.75) is 84.0 Å². The van der Waals surface area contributed by atoms with Crippen molar-refractivity contribution in [1.29, 1.82) is 0 Å². The zero-order chi connectivity index (χ0) is 19.1. The molecule has 1 aliphatic heterocycles. The molecule has 0 aromatic heterocycles. The minimum atomic E-state index is -1.49. The molecule has 0 fully saturated rings. The van der Waals surface area contributed by atoms with Crippen molar-refractivity contribution in [3.63, 3.8) is 0 Å². The van der Waals surface area contributed by atoms with Crippen molar-refractivity contribution in [1.82, 2.24) is 0 Å². The monoisotopic (exact) mass is 372 g/mol. The Morgan fingerprint density at radius 3 is 2.65 bits per heavy atom. The first-order valence-corrected chi connectivity index (χ1v) is 13.5. The first-order valence-electron chi connectivity index (χ1n) is 10.3. The summed E-state index contributed by atoms with van der Waals surface area (Å²) in [5, 5.41) is 1.47. The van der Waals surface area contributed by atoms with Gasteiger partial charge in [-0.05, 0) is 45.7 Å². The molecule has 1 aliphatic carbocycles. The highest BCUT2D eigenvalue weighted by atomic mass is 28.3. The third-order valence-corrected chi connectivity index (χ3v) is 10.1. The van der Waals surface area contributed by atoms with Gasteiger partial charge in [0.1, 0.15) is 17.1 Å². The minimum absolute atomic E-state index is 0.131. The maximum absolute atomic E-state index is 6.62. The van der Waals surface area contributed by atoms with Crippen molar-refractivity contribution in [2.75, 3.05) is 7.11 Å². The number of rotatable bonds is 5. The molecule has 0 bridgehead atoms. The van der Waals surface area contributed by atoms with Crippen LogP contribution in [0.25, 0.3) is 0 Å². The molecule has 0 saturated heterocycles. The topological polar surface area (TPSA) is 18.5 Å². The van der Waals surface area contributed by atoms with E-state index < -0.39 is 8.07 Å². The molecular weight excluding hydrogens is 336 g/mol. The van der Waals surface area contributed by atoms with Crippen LogP contribution in [0.1, 0.15) is 64.9 Å². The van der Waals surface area contributed by atoms with Crippen LogP contribution in [-0.4, -0.2) is 20.8 Å². The Morgan fingerprint density at radius 2 is 2.00 bits per heavy atom. The lowest BCUT2D eigenvalue weighted by atomic mass is 9.68. The van der Waals surface area contributed by atoms with E-state index in [1.165, 1.54) is 48.1 Å².